The van der Waals surface area contributed by atoms with Crippen molar-refractivity contribution < 1.29 is 4.79 Å². The van der Waals surface area contributed by atoms with Crippen LogP contribution in [0.3, 0.4) is 0 Å². The summed E-state index contributed by atoms with van der Waals surface area (Å²) in [5.74, 6) is 1.16. The summed E-state index contributed by atoms with van der Waals surface area (Å²) in [5.41, 5.74) is 2.89. The second-order valence-electron chi connectivity index (χ2n) is 7.39. The normalized spacial score (nSPS) is 21.8. The highest BCUT2D eigenvalue weighted by atomic mass is 32.1. The van der Waals surface area contributed by atoms with E-state index in [4.69, 9.17) is 0 Å². The SMILES string of the molecule is CC1Cc2[nH]ncc2CN(C(=O)c2csc(CC3CCNCC3)n2)C1. The number of carbonyl (C=O) groups is 1. The molecule has 2 aliphatic heterocycles. The Morgan fingerprint density at radius 2 is 2.24 bits per heavy atom. The number of hydrogen-bond acceptors (Lipinski definition) is 5. The van der Waals surface area contributed by atoms with Gasteiger partial charge in [-0.05, 0) is 44.2 Å². The minimum atomic E-state index is 0.0497. The molecular formula is C18H25N5OS. The molecule has 4 heterocycles. The van der Waals surface area contributed by atoms with E-state index in [-0.39, 0.29) is 5.91 Å². The number of carbonyl (C=O) groups excluding carboxylic acids is 1. The number of aromatic amines is 1. The van der Waals surface area contributed by atoms with Gasteiger partial charge >= 0.3 is 0 Å². The van der Waals surface area contributed by atoms with Crippen LogP contribution in [0.4, 0.5) is 0 Å². The van der Waals surface area contributed by atoms with Crippen LogP contribution < -0.4 is 5.32 Å². The molecule has 2 aliphatic rings. The molecule has 2 aromatic heterocycles. The Bertz CT molecular complexity index is 733. The van der Waals surface area contributed by atoms with Crippen LogP contribution in [-0.4, -0.2) is 45.6 Å². The van der Waals surface area contributed by atoms with E-state index >= 15 is 0 Å². The predicted octanol–water partition coefficient (Wildman–Crippen LogP) is 2.24. The fourth-order valence-electron chi connectivity index (χ4n) is 3.86. The van der Waals surface area contributed by atoms with Crippen molar-refractivity contribution in [2.75, 3.05) is 19.6 Å². The number of piperidine rings is 1. The molecule has 1 unspecified atom stereocenters. The first-order valence-electron chi connectivity index (χ1n) is 9.14. The average Bonchev–Trinajstić information content (AvgIpc) is 3.21. The van der Waals surface area contributed by atoms with Gasteiger partial charge in [0.15, 0.2) is 0 Å². The molecule has 6 nitrogen and oxygen atoms in total. The van der Waals surface area contributed by atoms with Crippen LogP contribution in [0, 0.1) is 11.8 Å². The van der Waals surface area contributed by atoms with E-state index in [0.717, 1.165) is 48.7 Å². The third kappa shape index (κ3) is 3.77. The van der Waals surface area contributed by atoms with Gasteiger partial charge in [0.25, 0.3) is 5.91 Å². The minimum absolute atomic E-state index is 0.0497. The average molecular weight is 359 g/mol. The molecule has 1 saturated heterocycles. The molecule has 7 heteroatoms. The highest BCUT2D eigenvalue weighted by molar-refractivity contribution is 7.09. The summed E-state index contributed by atoms with van der Waals surface area (Å²) in [4.78, 5) is 19.6. The number of fused-ring (bicyclic) bond motifs is 1. The fourth-order valence-corrected chi connectivity index (χ4v) is 4.75. The standard InChI is InChI=1S/C18H25N5OS/c1-12-6-15-14(8-20-22-15)10-23(9-12)18(24)16-11-25-17(21-16)7-13-2-4-19-5-3-13/h8,11-13,19H,2-7,9-10H2,1H3,(H,20,22). The lowest BCUT2D eigenvalue weighted by atomic mass is 9.95. The Labute approximate surface area is 152 Å². The van der Waals surface area contributed by atoms with Gasteiger partial charge in [-0.25, -0.2) is 4.98 Å². The monoisotopic (exact) mass is 359 g/mol. The van der Waals surface area contributed by atoms with Gasteiger partial charge in [-0.3, -0.25) is 9.89 Å². The van der Waals surface area contributed by atoms with E-state index in [2.05, 4.69) is 27.4 Å². The number of nitrogens with zero attached hydrogens (tertiary/aromatic N) is 3. The van der Waals surface area contributed by atoms with Crippen LogP contribution in [0.25, 0.3) is 0 Å². The van der Waals surface area contributed by atoms with Crippen molar-refractivity contribution in [3.8, 4) is 0 Å². The van der Waals surface area contributed by atoms with Crippen molar-refractivity contribution in [2.24, 2.45) is 11.8 Å². The molecule has 0 spiro atoms. The smallest absolute Gasteiger partial charge is 0.273 e. The first-order valence-corrected chi connectivity index (χ1v) is 10.0. The summed E-state index contributed by atoms with van der Waals surface area (Å²) in [5, 5.41) is 13.6. The summed E-state index contributed by atoms with van der Waals surface area (Å²) in [7, 11) is 0. The van der Waals surface area contributed by atoms with Crippen molar-refractivity contribution in [3.05, 3.63) is 33.5 Å². The molecular weight excluding hydrogens is 334 g/mol. The van der Waals surface area contributed by atoms with Crippen LogP contribution in [0.5, 0.6) is 0 Å². The number of hydrogen-bond donors (Lipinski definition) is 2. The van der Waals surface area contributed by atoms with Gasteiger partial charge in [-0.1, -0.05) is 6.92 Å². The molecule has 1 fully saturated rings. The predicted molar refractivity (Wildman–Crippen MR) is 97.6 cm³/mol. The summed E-state index contributed by atoms with van der Waals surface area (Å²) >= 11 is 1.63. The first-order chi connectivity index (χ1) is 12.2. The molecule has 2 aromatic rings. The van der Waals surface area contributed by atoms with Crippen molar-refractivity contribution in [1.82, 2.24) is 25.4 Å². The minimum Gasteiger partial charge on any atom is -0.333 e. The van der Waals surface area contributed by atoms with Crippen molar-refractivity contribution in [2.45, 2.75) is 39.2 Å². The van der Waals surface area contributed by atoms with Crippen LogP contribution in [-0.2, 0) is 19.4 Å². The Kier molecular flexibility index (Phi) is 4.85. The number of amides is 1. The lowest BCUT2D eigenvalue weighted by Gasteiger charge is -2.22. The fraction of sp³-hybridized carbons (Fsp3) is 0.611. The van der Waals surface area contributed by atoms with Crippen LogP contribution in [0.1, 0.15) is 46.5 Å². The Balaban J connectivity index is 1.45. The second-order valence-corrected chi connectivity index (χ2v) is 8.34. The van der Waals surface area contributed by atoms with Gasteiger partial charge in [-0.2, -0.15) is 5.10 Å². The Morgan fingerprint density at radius 3 is 3.08 bits per heavy atom. The van der Waals surface area contributed by atoms with Gasteiger partial charge < -0.3 is 10.2 Å². The number of aromatic nitrogens is 3. The Hall–Kier alpha value is -1.73. The van der Waals surface area contributed by atoms with Crippen LogP contribution in [0.15, 0.2) is 11.6 Å². The van der Waals surface area contributed by atoms with Crippen molar-refractivity contribution >= 4 is 17.2 Å². The van der Waals surface area contributed by atoms with Gasteiger partial charge in [0, 0.05) is 36.1 Å². The molecule has 2 N–H and O–H groups in total. The lowest BCUT2D eigenvalue weighted by Crippen LogP contribution is -2.33. The maximum Gasteiger partial charge on any atom is 0.273 e. The molecule has 0 radical (unpaired) electrons. The zero-order valence-electron chi connectivity index (χ0n) is 14.6. The third-order valence-electron chi connectivity index (χ3n) is 5.23. The topological polar surface area (TPSA) is 73.9 Å². The van der Waals surface area contributed by atoms with Crippen molar-refractivity contribution in [1.29, 1.82) is 0 Å². The number of rotatable bonds is 3. The molecule has 134 valence electrons. The molecule has 0 aromatic carbocycles. The maximum atomic E-state index is 13.0. The summed E-state index contributed by atoms with van der Waals surface area (Å²) in [6.45, 7) is 5.76. The van der Waals surface area contributed by atoms with Gasteiger partial charge in [0.05, 0.1) is 11.2 Å². The highest BCUT2D eigenvalue weighted by Gasteiger charge is 2.26. The molecule has 0 bridgehead atoms. The largest absolute Gasteiger partial charge is 0.333 e. The van der Waals surface area contributed by atoms with E-state index < -0.39 is 0 Å². The summed E-state index contributed by atoms with van der Waals surface area (Å²) in [6, 6.07) is 0. The molecule has 25 heavy (non-hydrogen) atoms. The number of H-pyrrole nitrogens is 1. The number of nitrogens with one attached hydrogen (secondary N) is 2. The van der Waals surface area contributed by atoms with E-state index in [0.29, 0.717) is 24.1 Å². The van der Waals surface area contributed by atoms with Gasteiger partial charge in [-0.15, -0.1) is 11.3 Å². The van der Waals surface area contributed by atoms with E-state index in [1.807, 2.05) is 16.5 Å². The van der Waals surface area contributed by atoms with E-state index in [1.165, 1.54) is 12.8 Å². The summed E-state index contributed by atoms with van der Waals surface area (Å²) in [6.07, 6.45) is 6.20. The van der Waals surface area contributed by atoms with E-state index in [1.54, 1.807) is 11.3 Å². The summed E-state index contributed by atoms with van der Waals surface area (Å²) < 4.78 is 0. The first kappa shape index (κ1) is 16.7. The quantitative estimate of drug-likeness (QED) is 0.881. The molecule has 1 atom stereocenters. The van der Waals surface area contributed by atoms with Gasteiger partial charge in [0.1, 0.15) is 5.69 Å². The van der Waals surface area contributed by atoms with E-state index in [9.17, 15) is 4.79 Å². The highest BCUT2D eigenvalue weighted by Crippen LogP contribution is 2.24. The maximum absolute atomic E-state index is 13.0. The number of thiazole rings is 1. The lowest BCUT2D eigenvalue weighted by molar-refractivity contribution is 0.0720. The van der Waals surface area contributed by atoms with Gasteiger partial charge in [0.2, 0.25) is 0 Å². The third-order valence-corrected chi connectivity index (χ3v) is 6.10. The second kappa shape index (κ2) is 7.25. The molecule has 4 rings (SSSR count). The van der Waals surface area contributed by atoms with Crippen molar-refractivity contribution in [3.63, 3.8) is 0 Å². The molecule has 0 aliphatic carbocycles. The Morgan fingerprint density at radius 1 is 1.40 bits per heavy atom. The van der Waals surface area contributed by atoms with Crippen LogP contribution in [0.2, 0.25) is 0 Å². The zero-order valence-corrected chi connectivity index (χ0v) is 15.4. The zero-order chi connectivity index (χ0) is 17.2. The molecule has 1 amide bonds. The molecule has 0 saturated carbocycles. The van der Waals surface area contributed by atoms with Crippen LogP contribution >= 0.6 is 11.3 Å².